The van der Waals surface area contributed by atoms with E-state index in [0.717, 1.165) is 45.4 Å². The highest BCUT2D eigenvalue weighted by molar-refractivity contribution is 4.66. The van der Waals surface area contributed by atoms with Crippen LogP contribution in [0.15, 0.2) is 0 Å². The summed E-state index contributed by atoms with van der Waals surface area (Å²) in [6.45, 7) is 2.69. The molecular weight excluding hydrogens is 180 g/mol. The number of nitrogens with two attached hydrogens (primary N) is 1. The Morgan fingerprint density at radius 3 is 2.71 bits per heavy atom. The first-order valence-corrected chi connectivity index (χ1v) is 5.38. The standard InChI is InChI=1S/C10H24N2O2/c1-14-9-10(5-4-6-11)12-7-2-3-8-13/h10,12-13H,2-9,11H2,1H3. The lowest BCUT2D eigenvalue weighted by molar-refractivity contribution is 0.161. The molecule has 1 atom stereocenters. The van der Waals surface area contributed by atoms with Gasteiger partial charge in [-0.1, -0.05) is 0 Å². The topological polar surface area (TPSA) is 67.5 Å². The Kier molecular flexibility index (Phi) is 10.8. The largest absolute Gasteiger partial charge is 0.396 e. The third-order valence-electron chi connectivity index (χ3n) is 2.14. The lowest BCUT2D eigenvalue weighted by atomic mass is 10.1. The first-order chi connectivity index (χ1) is 6.85. The van der Waals surface area contributed by atoms with E-state index in [-0.39, 0.29) is 6.61 Å². The van der Waals surface area contributed by atoms with Gasteiger partial charge in [-0.15, -0.1) is 0 Å². The Bertz CT molecular complexity index is 112. The molecule has 0 aromatic rings. The van der Waals surface area contributed by atoms with Gasteiger partial charge in [-0.3, -0.25) is 0 Å². The van der Waals surface area contributed by atoms with Crippen LogP contribution in [0.1, 0.15) is 25.7 Å². The summed E-state index contributed by atoms with van der Waals surface area (Å²) in [5.74, 6) is 0. The number of nitrogens with one attached hydrogen (secondary N) is 1. The van der Waals surface area contributed by atoms with Crippen LogP contribution in [-0.2, 0) is 4.74 Å². The van der Waals surface area contributed by atoms with E-state index < -0.39 is 0 Å². The zero-order valence-electron chi connectivity index (χ0n) is 9.17. The number of aliphatic hydroxyl groups is 1. The van der Waals surface area contributed by atoms with Crippen molar-refractivity contribution in [3.8, 4) is 0 Å². The number of methoxy groups -OCH3 is 1. The Hall–Kier alpha value is -0.160. The summed E-state index contributed by atoms with van der Waals surface area (Å²) in [6.07, 6.45) is 3.97. The van der Waals surface area contributed by atoms with Crippen molar-refractivity contribution >= 4 is 0 Å². The predicted molar refractivity (Wildman–Crippen MR) is 58.3 cm³/mol. The van der Waals surface area contributed by atoms with Gasteiger partial charge >= 0.3 is 0 Å². The molecule has 0 aliphatic carbocycles. The Balaban J connectivity index is 3.40. The van der Waals surface area contributed by atoms with Crippen molar-refractivity contribution in [2.75, 3.05) is 33.4 Å². The molecule has 86 valence electrons. The first kappa shape index (κ1) is 13.8. The third-order valence-corrected chi connectivity index (χ3v) is 2.14. The van der Waals surface area contributed by atoms with Gasteiger partial charge in [0.05, 0.1) is 6.61 Å². The third kappa shape index (κ3) is 8.44. The smallest absolute Gasteiger partial charge is 0.0615 e. The number of ether oxygens (including phenoxy) is 1. The molecule has 0 fully saturated rings. The lowest BCUT2D eigenvalue weighted by Crippen LogP contribution is -2.34. The molecule has 0 spiro atoms. The van der Waals surface area contributed by atoms with Gasteiger partial charge in [0, 0.05) is 19.8 Å². The molecule has 4 heteroatoms. The van der Waals surface area contributed by atoms with Crippen LogP contribution in [-0.4, -0.2) is 44.6 Å². The van der Waals surface area contributed by atoms with Crippen LogP contribution in [0.2, 0.25) is 0 Å². The second kappa shape index (κ2) is 10.9. The highest BCUT2D eigenvalue weighted by Crippen LogP contribution is 1.97. The van der Waals surface area contributed by atoms with Gasteiger partial charge in [-0.05, 0) is 38.8 Å². The predicted octanol–water partition coefficient (Wildman–Crippen LogP) is 0.102. The number of hydrogen-bond acceptors (Lipinski definition) is 4. The van der Waals surface area contributed by atoms with Crippen LogP contribution in [0.4, 0.5) is 0 Å². The van der Waals surface area contributed by atoms with Gasteiger partial charge in [0.25, 0.3) is 0 Å². The van der Waals surface area contributed by atoms with Crippen molar-refractivity contribution in [2.45, 2.75) is 31.7 Å². The SMILES string of the molecule is COCC(CCCN)NCCCCO. The van der Waals surface area contributed by atoms with E-state index in [4.69, 9.17) is 15.6 Å². The first-order valence-electron chi connectivity index (χ1n) is 5.38. The maximum atomic E-state index is 8.61. The fraction of sp³-hybridized carbons (Fsp3) is 1.00. The van der Waals surface area contributed by atoms with Crippen molar-refractivity contribution < 1.29 is 9.84 Å². The van der Waals surface area contributed by atoms with Crippen molar-refractivity contribution in [2.24, 2.45) is 5.73 Å². The fourth-order valence-electron chi connectivity index (χ4n) is 1.35. The molecule has 0 aliphatic rings. The maximum absolute atomic E-state index is 8.61. The summed E-state index contributed by atoms with van der Waals surface area (Å²) in [5.41, 5.74) is 5.45. The zero-order valence-corrected chi connectivity index (χ0v) is 9.17. The Morgan fingerprint density at radius 2 is 2.14 bits per heavy atom. The summed E-state index contributed by atoms with van der Waals surface area (Å²) in [4.78, 5) is 0. The monoisotopic (exact) mass is 204 g/mol. The lowest BCUT2D eigenvalue weighted by Gasteiger charge is -2.17. The maximum Gasteiger partial charge on any atom is 0.0615 e. The van der Waals surface area contributed by atoms with E-state index in [1.807, 2.05) is 0 Å². The van der Waals surface area contributed by atoms with E-state index >= 15 is 0 Å². The normalized spacial score (nSPS) is 13.1. The summed E-state index contributed by atoms with van der Waals surface area (Å²) >= 11 is 0. The molecule has 0 radical (unpaired) electrons. The summed E-state index contributed by atoms with van der Waals surface area (Å²) in [5, 5.41) is 12.0. The van der Waals surface area contributed by atoms with Crippen molar-refractivity contribution in [3.63, 3.8) is 0 Å². The van der Waals surface area contributed by atoms with Gasteiger partial charge in [0.2, 0.25) is 0 Å². The molecule has 0 rings (SSSR count). The van der Waals surface area contributed by atoms with Gasteiger partial charge in [0.1, 0.15) is 0 Å². The highest BCUT2D eigenvalue weighted by Gasteiger charge is 2.05. The summed E-state index contributed by atoms with van der Waals surface area (Å²) in [7, 11) is 1.71. The van der Waals surface area contributed by atoms with Crippen molar-refractivity contribution in [1.82, 2.24) is 5.32 Å². The minimum atomic E-state index is 0.277. The molecule has 0 amide bonds. The molecule has 0 aliphatic heterocycles. The molecule has 0 aromatic heterocycles. The average molecular weight is 204 g/mol. The molecule has 4 N–H and O–H groups in total. The van der Waals surface area contributed by atoms with Crippen molar-refractivity contribution in [1.29, 1.82) is 0 Å². The average Bonchev–Trinajstić information content (AvgIpc) is 2.20. The van der Waals surface area contributed by atoms with E-state index in [1.54, 1.807) is 7.11 Å². The number of hydrogen-bond donors (Lipinski definition) is 3. The molecule has 0 saturated heterocycles. The van der Waals surface area contributed by atoms with Crippen LogP contribution in [0.3, 0.4) is 0 Å². The van der Waals surface area contributed by atoms with E-state index in [1.165, 1.54) is 0 Å². The molecule has 1 unspecified atom stereocenters. The molecule has 14 heavy (non-hydrogen) atoms. The van der Waals surface area contributed by atoms with E-state index in [9.17, 15) is 0 Å². The van der Waals surface area contributed by atoms with Crippen LogP contribution in [0, 0.1) is 0 Å². The molecule has 0 heterocycles. The molecular formula is C10H24N2O2. The van der Waals surface area contributed by atoms with Crippen LogP contribution >= 0.6 is 0 Å². The summed E-state index contributed by atoms with van der Waals surface area (Å²) < 4.78 is 5.11. The minimum Gasteiger partial charge on any atom is -0.396 e. The summed E-state index contributed by atoms with van der Waals surface area (Å²) in [6, 6.07) is 0.405. The Morgan fingerprint density at radius 1 is 1.36 bits per heavy atom. The molecule has 4 nitrogen and oxygen atoms in total. The van der Waals surface area contributed by atoms with Crippen LogP contribution in [0.25, 0.3) is 0 Å². The second-order valence-corrected chi connectivity index (χ2v) is 3.47. The van der Waals surface area contributed by atoms with Crippen LogP contribution in [0.5, 0.6) is 0 Å². The van der Waals surface area contributed by atoms with Crippen LogP contribution < -0.4 is 11.1 Å². The van der Waals surface area contributed by atoms with Gasteiger partial charge in [-0.2, -0.15) is 0 Å². The highest BCUT2D eigenvalue weighted by atomic mass is 16.5. The minimum absolute atomic E-state index is 0.277. The molecule has 0 saturated carbocycles. The van der Waals surface area contributed by atoms with E-state index in [0.29, 0.717) is 6.04 Å². The van der Waals surface area contributed by atoms with Gasteiger partial charge in [0.15, 0.2) is 0 Å². The number of unbranched alkanes of at least 4 members (excludes halogenated alkanes) is 1. The Labute approximate surface area is 86.8 Å². The van der Waals surface area contributed by atoms with Gasteiger partial charge in [-0.25, -0.2) is 0 Å². The number of rotatable bonds is 10. The quantitative estimate of drug-likeness (QED) is 0.442. The zero-order chi connectivity index (χ0) is 10.6. The molecule has 0 bridgehead atoms. The number of aliphatic hydroxyl groups excluding tert-OH is 1. The second-order valence-electron chi connectivity index (χ2n) is 3.47. The fourth-order valence-corrected chi connectivity index (χ4v) is 1.35. The van der Waals surface area contributed by atoms with E-state index in [2.05, 4.69) is 5.32 Å². The van der Waals surface area contributed by atoms with Crippen molar-refractivity contribution in [3.05, 3.63) is 0 Å². The van der Waals surface area contributed by atoms with Gasteiger partial charge < -0.3 is 20.9 Å². The molecule has 0 aromatic carbocycles.